The van der Waals surface area contributed by atoms with E-state index in [0.29, 0.717) is 10.6 Å². The van der Waals surface area contributed by atoms with Gasteiger partial charge >= 0.3 is 5.97 Å². The third kappa shape index (κ3) is 5.29. The van der Waals surface area contributed by atoms with Gasteiger partial charge in [0.25, 0.3) is 0 Å². The number of carbonyl (C=O) groups is 1. The molecule has 9 heteroatoms. The zero-order valence-electron chi connectivity index (χ0n) is 23.8. The summed E-state index contributed by atoms with van der Waals surface area (Å²) in [5.41, 5.74) is 6.98. The van der Waals surface area contributed by atoms with Crippen LogP contribution in [0.4, 0.5) is 0 Å². The summed E-state index contributed by atoms with van der Waals surface area (Å²) in [5, 5.41) is 17.1. The Kier molecular flexibility index (Phi) is 7.09. The minimum atomic E-state index is -1.17. The predicted molar refractivity (Wildman–Crippen MR) is 169 cm³/mol. The van der Waals surface area contributed by atoms with Crippen LogP contribution in [0.25, 0.3) is 54.1 Å². The van der Waals surface area contributed by atoms with Gasteiger partial charge in [0.15, 0.2) is 6.10 Å². The zero-order chi connectivity index (χ0) is 29.8. The number of nitrogens with zero attached hydrogens (tertiary/aromatic N) is 4. The second kappa shape index (κ2) is 10.6. The Balaban J connectivity index is 1.53. The van der Waals surface area contributed by atoms with Crippen LogP contribution in [-0.4, -0.2) is 36.4 Å². The molecule has 6 aromatic rings. The van der Waals surface area contributed by atoms with Crippen molar-refractivity contribution in [2.75, 3.05) is 0 Å². The maximum absolute atomic E-state index is 12.6. The highest BCUT2D eigenvalue weighted by atomic mass is 35.5. The number of rotatable bonds is 6. The fourth-order valence-electron chi connectivity index (χ4n) is 5.22. The molecule has 6 rings (SSSR count). The smallest absolute Gasteiger partial charge is 0.337 e. The molecule has 0 bridgehead atoms. The lowest BCUT2D eigenvalue weighted by atomic mass is 9.91. The van der Waals surface area contributed by atoms with E-state index in [0.717, 1.165) is 59.6 Å². The lowest BCUT2D eigenvalue weighted by Crippen LogP contribution is -2.28. The Morgan fingerprint density at radius 1 is 1.02 bits per heavy atom. The number of benzene rings is 3. The monoisotopic (exact) mass is 596 g/mol. The van der Waals surface area contributed by atoms with Gasteiger partial charge in [-0.25, -0.2) is 9.78 Å². The number of fused-ring (bicyclic) bond motifs is 2. The molecule has 0 unspecified atom stereocenters. The number of carboxylic acid groups (broad SMARTS) is 1. The number of halogens is 1. The molecule has 0 aliphatic carbocycles. The second-order valence-corrected chi connectivity index (χ2v) is 12.7. The van der Waals surface area contributed by atoms with Crippen LogP contribution >= 0.6 is 22.9 Å². The minimum Gasteiger partial charge on any atom is -0.479 e. The van der Waals surface area contributed by atoms with Crippen molar-refractivity contribution < 1.29 is 14.6 Å². The normalized spacial score (nSPS) is 12.7. The Hall–Kier alpha value is -4.11. The lowest BCUT2D eigenvalue weighted by molar-refractivity contribution is -0.160. The molecule has 212 valence electrons. The van der Waals surface area contributed by atoms with E-state index in [1.807, 2.05) is 76.0 Å². The van der Waals surface area contributed by atoms with Gasteiger partial charge in [0.2, 0.25) is 0 Å². The Bertz CT molecular complexity index is 1970. The van der Waals surface area contributed by atoms with Gasteiger partial charge in [0.1, 0.15) is 5.01 Å². The molecule has 0 radical (unpaired) electrons. The summed E-state index contributed by atoms with van der Waals surface area (Å²) in [6.45, 7) is 7.47. The summed E-state index contributed by atoms with van der Waals surface area (Å²) >= 11 is 7.72. The molecule has 0 fully saturated rings. The lowest BCUT2D eigenvalue weighted by Gasteiger charge is -2.28. The highest BCUT2D eigenvalue weighted by molar-refractivity contribution is 7.22. The van der Waals surface area contributed by atoms with Gasteiger partial charge in [0, 0.05) is 34.8 Å². The van der Waals surface area contributed by atoms with Gasteiger partial charge in [-0.15, -0.1) is 11.3 Å². The fourth-order valence-corrected chi connectivity index (χ4v) is 6.44. The number of thiazole rings is 1. The molecular weight excluding hydrogens is 568 g/mol. The van der Waals surface area contributed by atoms with Crippen molar-refractivity contribution in [3.8, 4) is 33.0 Å². The molecule has 0 spiro atoms. The van der Waals surface area contributed by atoms with Crippen LogP contribution in [0.1, 0.15) is 38.0 Å². The summed E-state index contributed by atoms with van der Waals surface area (Å²) in [6, 6.07) is 19.6. The molecule has 3 aromatic carbocycles. The second-order valence-electron chi connectivity index (χ2n) is 11.3. The van der Waals surface area contributed by atoms with Gasteiger partial charge in [0.05, 0.1) is 33.2 Å². The number of aryl methyl sites for hydroxylation is 2. The molecular formula is C33H29ClN4O3S. The SMILES string of the molecule is Cc1cc2nc(-c3cc(-c4ccc5c(cnn5C)c4)ccn3)sc2c(-c2ccc(Cl)cc2)c1[C@H](OC(C)(C)C)C(=O)O. The maximum Gasteiger partial charge on any atom is 0.337 e. The van der Waals surface area contributed by atoms with E-state index in [4.69, 9.17) is 21.3 Å². The number of pyridine rings is 1. The summed E-state index contributed by atoms with van der Waals surface area (Å²) in [6.07, 6.45) is 2.48. The topological polar surface area (TPSA) is 90.1 Å². The average Bonchev–Trinajstić information content (AvgIpc) is 3.54. The van der Waals surface area contributed by atoms with Gasteiger partial charge in [-0.1, -0.05) is 29.8 Å². The van der Waals surface area contributed by atoms with Crippen molar-refractivity contribution in [3.63, 3.8) is 0 Å². The van der Waals surface area contributed by atoms with Crippen LogP contribution in [-0.2, 0) is 16.6 Å². The van der Waals surface area contributed by atoms with Crippen LogP contribution in [0.5, 0.6) is 0 Å². The molecule has 1 atom stereocenters. The van der Waals surface area contributed by atoms with Crippen molar-refractivity contribution in [1.29, 1.82) is 0 Å². The van der Waals surface area contributed by atoms with Crippen molar-refractivity contribution in [2.24, 2.45) is 7.05 Å². The van der Waals surface area contributed by atoms with Gasteiger partial charge < -0.3 is 9.84 Å². The highest BCUT2D eigenvalue weighted by Crippen LogP contribution is 2.44. The number of aromatic nitrogens is 4. The fraction of sp³-hybridized carbons (Fsp3) is 0.212. The molecule has 0 amide bonds. The summed E-state index contributed by atoms with van der Waals surface area (Å²) in [7, 11) is 1.93. The van der Waals surface area contributed by atoms with Crippen LogP contribution < -0.4 is 0 Å². The van der Waals surface area contributed by atoms with E-state index in [2.05, 4.69) is 28.3 Å². The van der Waals surface area contributed by atoms with Gasteiger partial charge in [-0.2, -0.15) is 5.10 Å². The number of ether oxygens (including phenoxy) is 1. The summed E-state index contributed by atoms with van der Waals surface area (Å²) in [4.78, 5) is 22.3. The molecule has 3 heterocycles. The Labute approximate surface area is 252 Å². The Morgan fingerprint density at radius 3 is 2.45 bits per heavy atom. The third-order valence-electron chi connectivity index (χ3n) is 7.08. The zero-order valence-corrected chi connectivity index (χ0v) is 25.4. The molecule has 0 aliphatic rings. The van der Waals surface area contributed by atoms with Crippen LogP contribution in [0.2, 0.25) is 5.02 Å². The molecule has 1 N–H and O–H groups in total. The first-order valence-corrected chi connectivity index (χ1v) is 14.7. The predicted octanol–water partition coefficient (Wildman–Crippen LogP) is 8.48. The summed E-state index contributed by atoms with van der Waals surface area (Å²) < 4.78 is 8.85. The van der Waals surface area contributed by atoms with E-state index >= 15 is 0 Å². The first-order valence-electron chi connectivity index (χ1n) is 13.5. The molecule has 42 heavy (non-hydrogen) atoms. The Morgan fingerprint density at radius 2 is 1.74 bits per heavy atom. The van der Waals surface area contributed by atoms with Crippen LogP contribution in [0.3, 0.4) is 0 Å². The van der Waals surface area contributed by atoms with E-state index < -0.39 is 17.7 Å². The van der Waals surface area contributed by atoms with E-state index in [1.165, 1.54) is 11.3 Å². The van der Waals surface area contributed by atoms with Crippen LogP contribution in [0.15, 0.2) is 73.1 Å². The molecule has 0 aliphatic heterocycles. The van der Waals surface area contributed by atoms with Crippen molar-refractivity contribution in [2.45, 2.75) is 39.4 Å². The molecule has 0 saturated carbocycles. The molecule has 7 nitrogen and oxygen atoms in total. The highest BCUT2D eigenvalue weighted by Gasteiger charge is 2.32. The van der Waals surface area contributed by atoms with Gasteiger partial charge in [-0.3, -0.25) is 9.67 Å². The number of carboxylic acids is 1. The molecule has 3 aromatic heterocycles. The first kappa shape index (κ1) is 28.0. The summed E-state index contributed by atoms with van der Waals surface area (Å²) in [5.74, 6) is -1.05. The number of aliphatic carboxylic acids is 1. The van der Waals surface area contributed by atoms with Gasteiger partial charge in [-0.05, 0) is 92.4 Å². The largest absolute Gasteiger partial charge is 0.479 e. The standard InChI is InChI=1S/C33H29ClN4O3S/c1-18-14-24-30(28(19-6-9-23(34)10-7-19)27(18)29(32(39)40)41-33(2,3)4)42-31(37-24)25-16-21(12-13-35-25)20-8-11-26-22(15-20)17-36-38(26)5/h6-17,29H,1-5H3,(H,39,40)/t29-/m0/s1. The first-order chi connectivity index (χ1) is 20.0. The van der Waals surface area contributed by atoms with Crippen molar-refractivity contribution in [3.05, 3.63) is 89.2 Å². The van der Waals surface area contributed by atoms with Crippen molar-refractivity contribution >= 4 is 50.0 Å². The minimum absolute atomic E-state index is 0.598. The average molecular weight is 597 g/mol. The number of hydrogen-bond acceptors (Lipinski definition) is 6. The van der Waals surface area contributed by atoms with E-state index in [9.17, 15) is 9.90 Å². The van der Waals surface area contributed by atoms with E-state index in [-0.39, 0.29) is 0 Å². The van der Waals surface area contributed by atoms with Crippen molar-refractivity contribution in [1.82, 2.24) is 19.7 Å². The number of hydrogen-bond donors (Lipinski definition) is 1. The molecule has 0 saturated heterocycles. The maximum atomic E-state index is 12.6. The van der Waals surface area contributed by atoms with E-state index in [1.54, 1.807) is 18.3 Å². The third-order valence-corrected chi connectivity index (χ3v) is 8.44. The quantitative estimate of drug-likeness (QED) is 0.207. The van der Waals surface area contributed by atoms with Crippen LogP contribution in [0, 0.1) is 6.92 Å².